The highest BCUT2D eigenvalue weighted by molar-refractivity contribution is 7.90. The molecule has 0 radical (unpaired) electrons. The van der Waals surface area contributed by atoms with Crippen molar-refractivity contribution in [3.05, 3.63) is 76.8 Å². The zero-order valence-corrected chi connectivity index (χ0v) is 29.0. The van der Waals surface area contributed by atoms with Gasteiger partial charge in [0.05, 0.1) is 47.5 Å². The minimum atomic E-state index is -4.25. The molecule has 2 aromatic heterocycles. The summed E-state index contributed by atoms with van der Waals surface area (Å²) in [5.41, 5.74) is 3.49. The lowest BCUT2D eigenvalue weighted by molar-refractivity contribution is -0.141. The number of fused-ring (bicyclic) bond motifs is 2. The van der Waals surface area contributed by atoms with E-state index in [9.17, 15) is 13.2 Å². The molecule has 49 heavy (non-hydrogen) atoms. The normalized spacial score (nSPS) is 21.1. The first-order chi connectivity index (χ1) is 23.5. The van der Waals surface area contributed by atoms with Gasteiger partial charge in [0.2, 0.25) is 0 Å². The van der Waals surface area contributed by atoms with Crippen LogP contribution in [-0.2, 0) is 43.4 Å². The number of ether oxygens (including phenoxy) is 4. The molecule has 3 aliphatic rings. The predicted octanol–water partition coefficient (Wildman–Crippen LogP) is 4.47. The van der Waals surface area contributed by atoms with Gasteiger partial charge in [-0.05, 0) is 81.6 Å². The Morgan fingerprint density at radius 3 is 2.61 bits per heavy atom. The van der Waals surface area contributed by atoms with Gasteiger partial charge in [0.25, 0.3) is 16.0 Å². The Kier molecular flexibility index (Phi) is 9.17. The largest absolute Gasteiger partial charge is 0.465 e. The summed E-state index contributed by atoms with van der Waals surface area (Å²) >= 11 is 6.06. The summed E-state index contributed by atoms with van der Waals surface area (Å²) in [7, 11) is -4.25. The lowest BCUT2D eigenvalue weighted by Gasteiger charge is -2.33. The standard InChI is InChI=1S/C34H39ClN6O7S/c1-3-45-32(42)21-41(49(36,43)44)24-8-9-27-28(17-24)40(19-25-13-16-46-25)31(38-27)20-39-14-11-22(12-15-39)26-5-4-6-29-33(26)48-34(2,47-29)30-10-7-23(35)18-37-30/h4-10,17-18,22,25H,3,11-16,19-21H2,1-2H3,(H2,36,43,44)/t25-,34-/m0/s1. The highest BCUT2D eigenvalue weighted by Gasteiger charge is 2.42. The molecule has 4 aromatic rings. The number of nitrogens with zero attached hydrogens (tertiary/aromatic N) is 5. The predicted molar refractivity (Wildman–Crippen MR) is 183 cm³/mol. The van der Waals surface area contributed by atoms with Gasteiger partial charge in [0.15, 0.2) is 11.5 Å². The molecule has 0 aliphatic carbocycles. The zero-order chi connectivity index (χ0) is 34.3. The summed E-state index contributed by atoms with van der Waals surface area (Å²) in [5, 5.41) is 6.07. The maximum atomic E-state index is 12.5. The maximum Gasteiger partial charge on any atom is 0.326 e. The van der Waals surface area contributed by atoms with E-state index in [1.54, 1.807) is 37.4 Å². The van der Waals surface area contributed by atoms with Crippen LogP contribution in [0.4, 0.5) is 5.69 Å². The molecule has 5 heterocycles. The number of aromatic nitrogens is 3. The first-order valence-electron chi connectivity index (χ1n) is 16.4. The first kappa shape index (κ1) is 33.5. The van der Waals surface area contributed by atoms with E-state index in [1.165, 1.54) is 0 Å². The van der Waals surface area contributed by atoms with E-state index in [-0.39, 0.29) is 24.3 Å². The molecule has 2 aromatic carbocycles. The number of halogens is 1. The lowest BCUT2D eigenvalue weighted by atomic mass is 9.88. The topological polar surface area (TPSA) is 151 Å². The van der Waals surface area contributed by atoms with Gasteiger partial charge >= 0.3 is 5.97 Å². The number of nitrogens with two attached hydrogens (primary N) is 1. The van der Waals surface area contributed by atoms with E-state index in [2.05, 4.69) is 20.5 Å². The molecular formula is C34H39ClN6O7S. The third-order valence-electron chi connectivity index (χ3n) is 9.36. The number of benzene rings is 2. The Hall–Kier alpha value is -3.95. The van der Waals surface area contributed by atoms with E-state index >= 15 is 0 Å². The lowest BCUT2D eigenvalue weighted by Crippen LogP contribution is -2.41. The molecule has 0 saturated carbocycles. The van der Waals surface area contributed by atoms with E-state index in [0.717, 1.165) is 59.3 Å². The Morgan fingerprint density at radius 2 is 1.94 bits per heavy atom. The molecule has 2 atom stereocenters. The average molecular weight is 711 g/mol. The number of carbonyl (C=O) groups excluding carboxylic acids is 1. The average Bonchev–Trinajstić information content (AvgIpc) is 3.58. The number of pyridine rings is 1. The minimum absolute atomic E-state index is 0.0376. The monoisotopic (exact) mass is 710 g/mol. The fourth-order valence-electron chi connectivity index (χ4n) is 6.75. The summed E-state index contributed by atoms with van der Waals surface area (Å²) < 4.78 is 51.5. The highest BCUT2D eigenvalue weighted by atomic mass is 35.5. The van der Waals surface area contributed by atoms with E-state index in [4.69, 9.17) is 40.7 Å². The van der Waals surface area contributed by atoms with Gasteiger partial charge in [-0.1, -0.05) is 23.7 Å². The molecule has 7 rings (SSSR count). The van der Waals surface area contributed by atoms with Crippen molar-refractivity contribution in [3.63, 3.8) is 0 Å². The fourth-order valence-corrected chi connectivity index (χ4v) is 7.55. The van der Waals surface area contributed by atoms with Crippen LogP contribution in [0.5, 0.6) is 11.5 Å². The van der Waals surface area contributed by atoms with Crippen molar-refractivity contribution in [1.29, 1.82) is 0 Å². The summed E-state index contributed by atoms with van der Waals surface area (Å²) in [6.07, 6.45) is 4.39. The van der Waals surface area contributed by atoms with Crippen LogP contribution in [0.25, 0.3) is 11.0 Å². The van der Waals surface area contributed by atoms with Crippen molar-refractivity contribution in [2.24, 2.45) is 5.14 Å². The number of hydrogen-bond acceptors (Lipinski definition) is 10. The van der Waals surface area contributed by atoms with Gasteiger partial charge in [0, 0.05) is 25.3 Å². The smallest absolute Gasteiger partial charge is 0.326 e. The molecule has 3 aliphatic heterocycles. The van der Waals surface area contributed by atoms with Crippen LogP contribution >= 0.6 is 11.6 Å². The molecule has 0 spiro atoms. The highest BCUT2D eigenvalue weighted by Crippen LogP contribution is 2.49. The van der Waals surface area contributed by atoms with Gasteiger partial charge in [-0.15, -0.1) is 0 Å². The van der Waals surface area contributed by atoms with Gasteiger partial charge in [0.1, 0.15) is 18.1 Å². The summed E-state index contributed by atoms with van der Waals surface area (Å²) in [5.74, 6) is 0.866. The first-order valence-corrected chi connectivity index (χ1v) is 18.3. The number of rotatable bonds is 11. The number of likely N-dealkylation sites (tertiary alicyclic amines) is 1. The Labute approximate surface area is 290 Å². The molecule has 13 nitrogen and oxygen atoms in total. The van der Waals surface area contributed by atoms with Crippen LogP contribution < -0.4 is 18.9 Å². The van der Waals surface area contributed by atoms with Crippen LogP contribution in [-0.4, -0.2) is 72.8 Å². The van der Waals surface area contributed by atoms with Gasteiger partial charge in [-0.25, -0.2) is 14.4 Å². The molecule has 15 heteroatoms. The van der Waals surface area contributed by atoms with Crippen LogP contribution in [0.15, 0.2) is 54.7 Å². The second-order valence-corrected chi connectivity index (χ2v) is 14.6. The number of anilines is 1. The summed E-state index contributed by atoms with van der Waals surface area (Å²) in [4.78, 5) is 24.0. The number of carbonyl (C=O) groups is 1. The van der Waals surface area contributed by atoms with Crippen molar-refractivity contribution in [1.82, 2.24) is 19.4 Å². The summed E-state index contributed by atoms with van der Waals surface area (Å²) in [6, 6.07) is 14.7. The van der Waals surface area contributed by atoms with E-state index in [0.29, 0.717) is 41.7 Å². The van der Waals surface area contributed by atoms with Crippen LogP contribution in [0.2, 0.25) is 5.02 Å². The molecule has 260 valence electrons. The van der Waals surface area contributed by atoms with Crippen LogP contribution in [0, 0.1) is 0 Å². The molecule has 2 fully saturated rings. The number of para-hydroxylation sites is 1. The zero-order valence-electron chi connectivity index (χ0n) is 27.4. The molecule has 0 bridgehead atoms. The van der Waals surface area contributed by atoms with Crippen LogP contribution in [0.3, 0.4) is 0 Å². The van der Waals surface area contributed by atoms with Crippen molar-refractivity contribution in [2.75, 3.05) is 37.2 Å². The van der Waals surface area contributed by atoms with Gasteiger partial charge < -0.3 is 23.5 Å². The van der Waals surface area contributed by atoms with Crippen molar-refractivity contribution in [3.8, 4) is 11.5 Å². The Balaban J connectivity index is 1.09. The molecule has 2 N–H and O–H groups in total. The second kappa shape index (κ2) is 13.4. The SMILES string of the molecule is CCOC(=O)CN(c1ccc2nc(CN3CCC(c4cccc5c4O[C@@](C)(c4ccc(Cl)cn4)O5)CC3)n(C[C@@H]3CCO3)c2c1)S(N)(=O)=O. The number of hydrogen-bond donors (Lipinski definition) is 1. The molecule has 0 amide bonds. The molecule has 2 saturated heterocycles. The third-order valence-corrected chi connectivity index (χ3v) is 10.5. The van der Waals surface area contributed by atoms with Gasteiger partial charge in [-0.3, -0.25) is 14.7 Å². The maximum absolute atomic E-state index is 12.5. The number of piperidine rings is 1. The molecular weight excluding hydrogens is 672 g/mol. The van der Waals surface area contributed by atoms with Crippen molar-refractivity contribution in [2.45, 2.75) is 64.0 Å². The van der Waals surface area contributed by atoms with Crippen molar-refractivity contribution >= 4 is 44.5 Å². The number of imidazole rings is 1. The fraction of sp³-hybridized carbons (Fsp3) is 0.441. The third kappa shape index (κ3) is 6.93. The minimum Gasteiger partial charge on any atom is -0.465 e. The van der Waals surface area contributed by atoms with Gasteiger partial charge in [-0.2, -0.15) is 8.42 Å². The van der Waals surface area contributed by atoms with Crippen LogP contribution in [0.1, 0.15) is 56.1 Å². The van der Waals surface area contributed by atoms with E-state index in [1.807, 2.05) is 25.1 Å². The summed E-state index contributed by atoms with van der Waals surface area (Å²) in [6.45, 7) is 6.71. The second-order valence-electron chi connectivity index (χ2n) is 12.7. The quantitative estimate of drug-likeness (QED) is 0.221. The number of esters is 1. The molecule has 0 unspecified atom stereocenters. The Bertz CT molecular complexity index is 1960. The van der Waals surface area contributed by atoms with E-state index < -0.39 is 28.5 Å². The van der Waals surface area contributed by atoms with Crippen molar-refractivity contribution < 1.29 is 32.2 Å². The Morgan fingerprint density at radius 1 is 1.14 bits per heavy atom.